The molecule has 2 heterocycles. The number of benzene rings is 2. The second-order valence-corrected chi connectivity index (χ2v) is 7.08. The van der Waals surface area contributed by atoms with Crippen LogP contribution in [0.2, 0.25) is 0 Å². The number of phenols is 1. The van der Waals surface area contributed by atoms with E-state index in [2.05, 4.69) is 44.7 Å². The topological polar surface area (TPSA) is 85.5 Å². The van der Waals surface area contributed by atoms with Crippen LogP contribution in [-0.2, 0) is 24.2 Å². The number of hydrogen-bond acceptors (Lipinski definition) is 7. The smallest absolute Gasteiger partial charge is 0.173 e. The lowest BCUT2D eigenvalue weighted by atomic mass is 9.96. The Labute approximate surface area is 181 Å². The SMILES string of the molecule is COCCn1nnnc1C(c1ccc(O)c(OC)c1)N1CCc2ccccc2C1.[Cl-]. The predicted octanol–water partition coefficient (Wildman–Crippen LogP) is -0.815. The van der Waals surface area contributed by atoms with E-state index in [9.17, 15) is 5.11 Å². The number of rotatable bonds is 7. The zero-order chi connectivity index (χ0) is 20.2. The van der Waals surface area contributed by atoms with Gasteiger partial charge in [-0.25, -0.2) is 4.68 Å². The molecule has 1 N–H and O–H groups in total. The quantitative estimate of drug-likeness (QED) is 0.524. The maximum Gasteiger partial charge on any atom is 0.173 e. The van der Waals surface area contributed by atoms with Gasteiger partial charge in [-0.15, -0.1) is 5.10 Å². The monoisotopic (exact) mass is 430 g/mol. The summed E-state index contributed by atoms with van der Waals surface area (Å²) in [7, 11) is 3.21. The Hall–Kier alpha value is -2.68. The molecule has 0 bridgehead atoms. The first kappa shape index (κ1) is 22.0. The molecule has 0 amide bonds. The van der Waals surface area contributed by atoms with Crippen LogP contribution in [0.15, 0.2) is 42.5 Å². The summed E-state index contributed by atoms with van der Waals surface area (Å²) in [5.41, 5.74) is 3.66. The molecule has 1 aromatic heterocycles. The number of aromatic nitrogens is 4. The Kier molecular flexibility index (Phi) is 7.25. The van der Waals surface area contributed by atoms with Crippen molar-refractivity contribution in [2.75, 3.05) is 27.4 Å². The van der Waals surface area contributed by atoms with E-state index in [1.165, 1.54) is 11.1 Å². The van der Waals surface area contributed by atoms with E-state index in [4.69, 9.17) is 9.47 Å². The highest BCUT2D eigenvalue weighted by atomic mass is 35.5. The summed E-state index contributed by atoms with van der Waals surface area (Å²) < 4.78 is 12.3. The maximum absolute atomic E-state index is 10.1. The van der Waals surface area contributed by atoms with Crippen LogP contribution in [0.5, 0.6) is 11.5 Å². The van der Waals surface area contributed by atoms with Gasteiger partial charge in [0.25, 0.3) is 0 Å². The van der Waals surface area contributed by atoms with Crippen LogP contribution in [-0.4, -0.2) is 57.6 Å². The normalized spacial score (nSPS) is 14.6. The fourth-order valence-electron chi connectivity index (χ4n) is 3.87. The molecule has 1 aliphatic heterocycles. The molecule has 1 unspecified atom stereocenters. The molecule has 1 aliphatic rings. The van der Waals surface area contributed by atoms with E-state index in [1.807, 2.05) is 12.1 Å². The first-order chi connectivity index (χ1) is 14.2. The van der Waals surface area contributed by atoms with E-state index in [0.717, 1.165) is 30.9 Å². The van der Waals surface area contributed by atoms with Gasteiger partial charge in [0.05, 0.1) is 26.3 Å². The van der Waals surface area contributed by atoms with Gasteiger partial charge in [-0.1, -0.05) is 30.3 Å². The van der Waals surface area contributed by atoms with Crippen molar-refractivity contribution >= 4 is 0 Å². The summed E-state index contributed by atoms with van der Waals surface area (Å²) in [6.07, 6.45) is 0.960. The number of aromatic hydroxyl groups is 1. The molecule has 0 fully saturated rings. The molecular formula is C21H25ClN5O3-. The number of tetrazole rings is 1. The van der Waals surface area contributed by atoms with E-state index in [-0.39, 0.29) is 24.2 Å². The van der Waals surface area contributed by atoms with Gasteiger partial charge in [0.15, 0.2) is 17.3 Å². The number of fused-ring (bicyclic) bond motifs is 1. The fraction of sp³-hybridized carbons (Fsp3) is 0.381. The Morgan fingerprint density at radius 3 is 2.70 bits per heavy atom. The van der Waals surface area contributed by atoms with Crippen molar-refractivity contribution in [1.82, 2.24) is 25.1 Å². The second kappa shape index (κ2) is 9.88. The summed E-state index contributed by atoms with van der Waals surface area (Å²) in [5, 5.41) is 22.5. The molecule has 0 radical (unpaired) electrons. The molecule has 30 heavy (non-hydrogen) atoms. The third-order valence-corrected chi connectivity index (χ3v) is 5.36. The van der Waals surface area contributed by atoms with Crippen molar-refractivity contribution in [3.63, 3.8) is 0 Å². The zero-order valence-electron chi connectivity index (χ0n) is 17.0. The Balaban J connectivity index is 0.00000256. The van der Waals surface area contributed by atoms with Crippen molar-refractivity contribution < 1.29 is 27.0 Å². The van der Waals surface area contributed by atoms with E-state index < -0.39 is 0 Å². The molecule has 0 saturated carbocycles. The lowest BCUT2D eigenvalue weighted by Gasteiger charge is -2.35. The number of methoxy groups -OCH3 is 2. The molecule has 8 nitrogen and oxygen atoms in total. The van der Waals surface area contributed by atoms with Gasteiger partial charge < -0.3 is 27.0 Å². The number of nitrogens with zero attached hydrogens (tertiary/aromatic N) is 5. The average Bonchev–Trinajstić information content (AvgIpc) is 3.21. The fourth-order valence-corrected chi connectivity index (χ4v) is 3.87. The largest absolute Gasteiger partial charge is 1.00 e. The van der Waals surface area contributed by atoms with E-state index >= 15 is 0 Å². The van der Waals surface area contributed by atoms with Gasteiger partial charge in [-0.3, -0.25) is 4.90 Å². The van der Waals surface area contributed by atoms with Gasteiger partial charge >= 0.3 is 0 Å². The molecule has 0 saturated heterocycles. The van der Waals surface area contributed by atoms with Gasteiger partial charge in [0, 0.05) is 20.2 Å². The van der Waals surface area contributed by atoms with Crippen LogP contribution >= 0.6 is 0 Å². The van der Waals surface area contributed by atoms with Crippen LogP contribution in [0.4, 0.5) is 0 Å². The minimum atomic E-state index is -0.176. The van der Waals surface area contributed by atoms with E-state index in [0.29, 0.717) is 18.9 Å². The van der Waals surface area contributed by atoms with Crippen LogP contribution < -0.4 is 17.1 Å². The van der Waals surface area contributed by atoms with Crippen molar-refractivity contribution in [3.8, 4) is 11.5 Å². The number of halogens is 1. The molecule has 9 heteroatoms. The lowest BCUT2D eigenvalue weighted by molar-refractivity contribution is -0.00000763. The first-order valence-electron chi connectivity index (χ1n) is 9.64. The third-order valence-electron chi connectivity index (χ3n) is 5.36. The Bertz CT molecular complexity index is 981. The highest BCUT2D eigenvalue weighted by Gasteiger charge is 2.31. The average molecular weight is 431 g/mol. The summed E-state index contributed by atoms with van der Waals surface area (Å²) in [5.74, 6) is 1.29. The van der Waals surface area contributed by atoms with Gasteiger partial charge in [0.2, 0.25) is 0 Å². The molecular weight excluding hydrogens is 406 g/mol. The molecule has 3 aromatic rings. The summed E-state index contributed by atoms with van der Waals surface area (Å²) in [6, 6.07) is 13.8. The molecule has 2 aromatic carbocycles. The summed E-state index contributed by atoms with van der Waals surface area (Å²) in [6.45, 7) is 2.75. The predicted molar refractivity (Wildman–Crippen MR) is 107 cm³/mol. The van der Waals surface area contributed by atoms with Crippen LogP contribution in [0.25, 0.3) is 0 Å². The highest BCUT2D eigenvalue weighted by Crippen LogP contribution is 2.36. The highest BCUT2D eigenvalue weighted by molar-refractivity contribution is 5.44. The van der Waals surface area contributed by atoms with E-state index in [1.54, 1.807) is 25.0 Å². The molecule has 1 atom stereocenters. The van der Waals surface area contributed by atoms with Crippen LogP contribution in [0.1, 0.15) is 28.6 Å². The molecule has 0 spiro atoms. The van der Waals surface area contributed by atoms with Crippen molar-refractivity contribution in [2.24, 2.45) is 0 Å². The lowest BCUT2D eigenvalue weighted by Crippen LogP contribution is -3.00. The minimum absolute atomic E-state index is 0. The molecule has 160 valence electrons. The number of ether oxygens (including phenoxy) is 2. The van der Waals surface area contributed by atoms with Crippen LogP contribution in [0.3, 0.4) is 0 Å². The van der Waals surface area contributed by atoms with Crippen molar-refractivity contribution in [3.05, 3.63) is 65.0 Å². The standard InChI is InChI=1S/C21H25N5O3.ClH/c1-28-12-11-26-21(22-23-24-26)20(16-7-8-18(27)19(13-16)29-2)25-10-9-15-5-3-4-6-17(15)14-25;/h3-8,13,20,27H,9-12,14H2,1-2H3;1H/p-1. The molecule has 4 rings (SSSR count). The maximum atomic E-state index is 10.1. The van der Waals surface area contributed by atoms with Crippen LogP contribution in [0, 0.1) is 0 Å². The minimum Gasteiger partial charge on any atom is -1.00 e. The van der Waals surface area contributed by atoms with Gasteiger partial charge in [-0.2, -0.15) is 0 Å². The third kappa shape index (κ3) is 4.40. The summed E-state index contributed by atoms with van der Waals surface area (Å²) in [4.78, 5) is 2.36. The molecule has 0 aliphatic carbocycles. The van der Waals surface area contributed by atoms with Crippen molar-refractivity contribution in [1.29, 1.82) is 0 Å². The summed E-state index contributed by atoms with van der Waals surface area (Å²) >= 11 is 0. The first-order valence-corrected chi connectivity index (χ1v) is 9.64. The van der Waals surface area contributed by atoms with Gasteiger partial charge in [-0.05, 0) is 45.7 Å². The zero-order valence-corrected chi connectivity index (χ0v) is 17.8. The van der Waals surface area contributed by atoms with Crippen molar-refractivity contribution in [2.45, 2.75) is 25.6 Å². The number of hydrogen-bond donors (Lipinski definition) is 1. The Morgan fingerprint density at radius 1 is 1.13 bits per heavy atom. The van der Waals surface area contributed by atoms with Gasteiger partial charge in [0.1, 0.15) is 0 Å². The number of phenolic OH excluding ortho intramolecular Hbond substituents is 1. The Morgan fingerprint density at radius 2 is 1.93 bits per heavy atom. The second-order valence-electron chi connectivity index (χ2n) is 7.08.